The van der Waals surface area contributed by atoms with Gasteiger partial charge in [-0.2, -0.15) is 0 Å². The highest BCUT2D eigenvalue weighted by Gasteiger charge is 2.34. The van der Waals surface area contributed by atoms with Gasteiger partial charge < -0.3 is 13.9 Å². The van der Waals surface area contributed by atoms with Crippen LogP contribution in [0.5, 0.6) is 11.5 Å². The second-order valence-electron chi connectivity index (χ2n) is 5.85. The zero-order valence-corrected chi connectivity index (χ0v) is 18.0. The van der Waals surface area contributed by atoms with E-state index >= 15 is 0 Å². The first-order valence-corrected chi connectivity index (χ1v) is 12.2. The van der Waals surface area contributed by atoms with Crippen molar-refractivity contribution in [3.05, 3.63) is 59.9 Å². The molecule has 0 aliphatic carbocycles. The molecule has 0 amide bonds. The zero-order chi connectivity index (χ0) is 21.1. The second-order valence-corrected chi connectivity index (χ2v) is 10.9. The first kappa shape index (κ1) is 21.4. The number of furan rings is 1. The Hall–Kier alpha value is -2.34. The van der Waals surface area contributed by atoms with Gasteiger partial charge in [0, 0.05) is 12.6 Å². The van der Waals surface area contributed by atoms with Crippen molar-refractivity contribution in [2.45, 2.75) is 14.4 Å². The van der Waals surface area contributed by atoms with Crippen LogP contribution in [0.3, 0.4) is 0 Å². The van der Waals surface area contributed by atoms with Gasteiger partial charge in [0.05, 0.1) is 20.5 Å². The molecule has 0 unspecified atom stereocenters. The Morgan fingerprint density at radius 2 is 1.86 bits per heavy atom. The predicted octanol–water partition coefficient (Wildman–Crippen LogP) is 2.85. The summed E-state index contributed by atoms with van der Waals surface area (Å²) in [5, 5.41) is 0.403. The van der Waals surface area contributed by atoms with Crippen LogP contribution in [-0.4, -0.2) is 37.6 Å². The van der Waals surface area contributed by atoms with E-state index in [1.807, 2.05) is 0 Å². The molecule has 11 heteroatoms. The normalized spacial score (nSPS) is 13.2. The van der Waals surface area contributed by atoms with Crippen molar-refractivity contribution in [3.8, 4) is 11.5 Å². The van der Waals surface area contributed by atoms with E-state index < -0.39 is 31.7 Å². The Morgan fingerprint density at radius 3 is 2.45 bits per heavy atom. The molecule has 2 aromatic heterocycles. The maximum atomic E-state index is 13.0. The van der Waals surface area contributed by atoms with E-state index in [-0.39, 0.29) is 20.6 Å². The number of benzene rings is 1. The Kier molecular flexibility index (Phi) is 6.32. The van der Waals surface area contributed by atoms with E-state index in [4.69, 9.17) is 13.9 Å². The van der Waals surface area contributed by atoms with Crippen LogP contribution in [0.4, 0.5) is 0 Å². The second kappa shape index (κ2) is 8.57. The third kappa shape index (κ3) is 4.47. The van der Waals surface area contributed by atoms with Crippen molar-refractivity contribution >= 4 is 31.2 Å². The smallest absolute Gasteiger partial charge is 0.244 e. The molecule has 1 aromatic carbocycles. The van der Waals surface area contributed by atoms with Gasteiger partial charge in [-0.1, -0.05) is 6.07 Å². The van der Waals surface area contributed by atoms with Gasteiger partial charge in [-0.15, -0.1) is 11.3 Å². The van der Waals surface area contributed by atoms with Crippen LogP contribution in [0.1, 0.15) is 11.0 Å². The van der Waals surface area contributed by atoms with E-state index in [0.717, 1.165) is 11.3 Å². The number of rotatable bonds is 9. The number of nitrogens with one attached hydrogen (secondary N) is 1. The van der Waals surface area contributed by atoms with Crippen molar-refractivity contribution < 1.29 is 30.7 Å². The molecule has 0 fully saturated rings. The number of hydrogen-bond donors (Lipinski definition) is 1. The van der Waals surface area contributed by atoms with Gasteiger partial charge >= 0.3 is 0 Å². The van der Waals surface area contributed by atoms with E-state index in [1.54, 1.807) is 23.6 Å². The van der Waals surface area contributed by atoms with Gasteiger partial charge in [-0.25, -0.2) is 21.6 Å². The lowest BCUT2D eigenvalue weighted by Crippen LogP contribution is -2.32. The molecule has 0 bridgehead atoms. The lowest BCUT2D eigenvalue weighted by Gasteiger charge is -2.17. The van der Waals surface area contributed by atoms with Crippen LogP contribution in [0.2, 0.25) is 0 Å². The average molecular weight is 458 g/mol. The van der Waals surface area contributed by atoms with E-state index in [2.05, 4.69) is 4.72 Å². The van der Waals surface area contributed by atoms with Crippen LogP contribution >= 0.6 is 11.3 Å². The molecule has 3 rings (SSSR count). The van der Waals surface area contributed by atoms with Crippen molar-refractivity contribution in [1.29, 1.82) is 0 Å². The third-order valence-electron chi connectivity index (χ3n) is 4.13. The minimum absolute atomic E-state index is 0.106. The van der Waals surface area contributed by atoms with E-state index in [1.165, 1.54) is 44.7 Å². The summed E-state index contributed by atoms with van der Waals surface area (Å²) in [7, 11) is -5.23. The lowest BCUT2D eigenvalue weighted by molar-refractivity contribution is 0.392. The summed E-state index contributed by atoms with van der Waals surface area (Å²) in [6.07, 6.45) is 1.34. The molecule has 0 saturated carbocycles. The number of thiophene rings is 1. The zero-order valence-electron chi connectivity index (χ0n) is 15.6. The Bertz CT molecular complexity index is 1150. The van der Waals surface area contributed by atoms with Gasteiger partial charge in [-0.05, 0) is 35.7 Å². The quantitative estimate of drug-likeness (QED) is 0.526. The molecule has 0 aliphatic heterocycles. The van der Waals surface area contributed by atoms with Crippen molar-refractivity contribution in [3.63, 3.8) is 0 Å². The van der Waals surface area contributed by atoms with Crippen molar-refractivity contribution in [2.24, 2.45) is 0 Å². The Labute approximate surface area is 173 Å². The molecule has 1 N–H and O–H groups in total. The van der Waals surface area contributed by atoms with Crippen LogP contribution in [-0.2, 0) is 19.9 Å². The lowest BCUT2D eigenvalue weighted by atomic mass is 10.3. The predicted molar refractivity (Wildman–Crippen MR) is 108 cm³/mol. The standard InChI is InChI=1S/C18H19NO7S3/c1-24-13-7-8-14(25-2)16(11-13)29(22,23)19-12-17(15-5-3-9-26-15)28(20,21)18-6-4-10-27-18/h3-11,17,19H,12H2,1-2H3/t17-/m0/s1. The van der Waals surface area contributed by atoms with E-state index in [9.17, 15) is 16.8 Å². The molecule has 156 valence electrons. The summed E-state index contributed by atoms with van der Waals surface area (Å²) in [6, 6.07) is 10.4. The maximum Gasteiger partial charge on any atom is 0.244 e. The minimum Gasteiger partial charge on any atom is -0.497 e. The highest BCUT2D eigenvalue weighted by Crippen LogP contribution is 2.33. The van der Waals surface area contributed by atoms with Gasteiger partial charge in [0.2, 0.25) is 10.0 Å². The van der Waals surface area contributed by atoms with Crippen molar-refractivity contribution in [2.75, 3.05) is 20.8 Å². The molecule has 8 nitrogen and oxygen atoms in total. The first-order valence-electron chi connectivity index (χ1n) is 8.32. The summed E-state index contributed by atoms with van der Waals surface area (Å²) >= 11 is 1.05. The molecular formula is C18H19NO7S3. The van der Waals surface area contributed by atoms with Crippen LogP contribution in [0, 0.1) is 0 Å². The van der Waals surface area contributed by atoms with Crippen molar-refractivity contribution in [1.82, 2.24) is 4.72 Å². The molecule has 0 spiro atoms. The molecule has 1 atom stereocenters. The Morgan fingerprint density at radius 1 is 1.07 bits per heavy atom. The molecule has 29 heavy (non-hydrogen) atoms. The van der Waals surface area contributed by atoms with Crippen LogP contribution in [0.25, 0.3) is 0 Å². The van der Waals surface area contributed by atoms with Crippen LogP contribution in [0.15, 0.2) is 67.6 Å². The Balaban J connectivity index is 1.94. The highest BCUT2D eigenvalue weighted by atomic mass is 32.2. The summed E-state index contributed by atoms with van der Waals surface area (Å²) in [6.45, 7) is -0.420. The fraction of sp³-hybridized carbons (Fsp3) is 0.222. The van der Waals surface area contributed by atoms with Gasteiger partial charge in [0.15, 0.2) is 9.84 Å². The molecular weight excluding hydrogens is 438 g/mol. The molecule has 2 heterocycles. The number of sulfonamides is 1. The molecule has 0 radical (unpaired) electrons. The summed E-state index contributed by atoms with van der Waals surface area (Å²) < 4.78 is 69.8. The van der Waals surface area contributed by atoms with Crippen LogP contribution < -0.4 is 14.2 Å². The third-order valence-corrected chi connectivity index (χ3v) is 9.07. The number of methoxy groups -OCH3 is 2. The summed E-state index contributed by atoms with van der Waals surface area (Å²) in [4.78, 5) is -0.161. The minimum atomic E-state index is -4.11. The summed E-state index contributed by atoms with van der Waals surface area (Å²) in [5.41, 5.74) is 0. The fourth-order valence-electron chi connectivity index (χ4n) is 2.66. The maximum absolute atomic E-state index is 13.0. The topological polar surface area (TPSA) is 112 Å². The monoisotopic (exact) mass is 457 g/mol. The first-order chi connectivity index (χ1) is 13.8. The number of sulfone groups is 1. The SMILES string of the molecule is COc1ccc(OC)c(S(=O)(=O)NC[C@@H](c2ccco2)S(=O)(=O)c2cccs2)c1. The average Bonchev–Trinajstić information content (AvgIpc) is 3.41. The molecule has 3 aromatic rings. The van der Waals surface area contributed by atoms with Gasteiger partial charge in [-0.3, -0.25) is 0 Å². The largest absolute Gasteiger partial charge is 0.497 e. The van der Waals surface area contributed by atoms with Gasteiger partial charge in [0.1, 0.15) is 31.6 Å². The van der Waals surface area contributed by atoms with Gasteiger partial charge in [0.25, 0.3) is 0 Å². The highest BCUT2D eigenvalue weighted by molar-refractivity contribution is 7.93. The molecule has 0 aliphatic rings. The summed E-state index contributed by atoms with van der Waals surface area (Å²) in [5.74, 6) is 0.563. The molecule has 0 saturated heterocycles. The number of ether oxygens (including phenoxy) is 2. The van der Waals surface area contributed by atoms with E-state index in [0.29, 0.717) is 5.75 Å². The fourth-order valence-corrected chi connectivity index (χ4v) is 6.79. The number of hydrogen-bond acceptors (Lipinski definition) is 8.